The van der Waals surface area contributed by atoms with Crippen molar-refractivity contribution >= 4 is 23.6 Å². The molecule has 0 radical (unpaired) electrons. The molecule has 6 nitrogen and oxygen atoms in total. The Hall–Kier alpha value is -0.790. The summed E-state index contributed by atoms with van der Waals surface area (Å²) in [5, 5.41) is 3.32. The van der Waals surface area contributed by atoms with Gasteiger partial charge in [0.1, 0.15) is 0 Å². The Labute approximate surface area is 111 Å². The van der Waals surface area contributed by atoms with Gasteiger partial charge in [-0.15, -0.1) is 0 Å². The zero-order valence-corrected chi connectivity index (χ0v) is 11.1. The van der Waals surface area contributed by atoms with Gasteiger partial charge in [-0.05, 0) is 0 Å². The second kappa shape index (κ2) is 6.40. The van der Waals surface area contributed by atoms with Gasteiger partial charge in [-0.1, -0.05) is 0 Å². The van der Waals surface area contributed by atoms with Crippen LogP contribution in [0.1, 0.15) is 6.42 Å². The van der Waals surface area contributed by atoms with Gasteiger partial charge in [-0.3, -0.25) is 9.59 Å². The number of amides is 2. The molecule has 2 amide bonds. The van der Waals surface area contributed by atoms with Crippen LogP contribution in [0.15, 0.2) is 0 Å². The molecule has 2 fully saturated rings. The predicted molar refractivity (Wildman–Crippen MR) is 69.2 cm³/mol. The first kappa shape index (κ1) is 13.6. The van der Waals surface area contributed by atoms with Crippen molar-refractivity contribution in [2.75, 3.05) is 38.6 Å². The Bertz CT molecular complexity index is 313. The highest BCUT2D eigenvalue weighted by molar-refractivity contribution is 8.00. The van der Waals surface area contributed by atoms with Gasteiger partial charge >= 0.3 is 0 Å². The van der Waals surface area contributed by atoms with Gasteiger partial charge in [0.25, 0.3) is 0 Å². The predicted octanol–water partition coefficient (Wildman–Crippen LogP) is -1.21. The van der Waals surface area contributed by atoms with Crippen LogP contribution < -0.4 is 11.1 Å². The molecule has 18 heavy (non-hydrogen) atoms. The van der Waals surface area contributed by atoms with Gasteiger partial charge in [-0.2, -0.15) is 11.8 Å². The zero-order valence-electron chi connectivity index (χ0n) is 10.3. The molecular formula is C11H19N3O3S. The molecule has 0 saturated carbocycles. The van der Waals surface area contributed by atoms with E-state index in [1.807, 2.05) is 4.90 Å². The first-order valence-corrected chi connectivity index (χ1v) is 7.21. The first-order valence-electron chi connectivity index (χ1n) is 6.16. The molecule has 2 atom stereocenters. The highest BCUT2D eigenvalue weighted by Crippen LogP contribution is 2.20. The van der Waals surface area contributed by atoms with E-state index in [0.717, 1.165) is 0 Å². The van der Waals surface area contributed by atoms with E-state index in [9.17, 15) is 9.59 Å². The zero-order chi connectivity index (χ0) is 13.0. The highest BCUT2D eigenvalue weighted by atomic mass is 32.2. The molecule has 2 rings (SSSR count). The molecular weight excluding hydrogens is 254 g/mol. The smallest absolute Gasteiger partial charge is 0.235 e. The summed E-state index contributed by atoms with van der Waals surface area (Å²) in [4.78, 5) is 24.9. The number of rotatable bonds is 3. The van der Waals surface area contributed by atoms with Gasteiger partial charge < -0.3 is 20.7 Å². The third kappa shape index (κ3) is 3.60. The minimum Gasteiger partial charge on any atom is -0.378 e. The standard InChI is InChI=1S/C11H19N3O3S/c12-11(16)9-7-18-8(6-13-9)5-10(15)14-1-3-17-4-2-14/h8-9,13H,1-7H2,(H2,12,16). The fourth-order valence-corrected chi connectivity index (χ4v) is 3.30. The quantitative estimate of drug-likeness (QED) is 0.674. The van der Waals surface area contributed by atoms with E-state index >= 15 is 0 Å². The van der Waals surface area contributed by atoms with Crippen LogP contribution in [0.25, 0.3) is 0 Å². The number of nitrogens with two attached hydrogens (primary N) is 1. The van der Waals surface area contributed by atoms with Gasteiger partial charge in [0.15, 0.2) is 0 Å². The molecule has 0 spiro atoms. The summed E-state index contributed by atoms with van der Waals surface area (Å²) in [5.41, 5.74) is 5.23. The summed E-state index contributed by atoms with van der Waals surface area (Å²) >= 11 is 1.65. The molecule has 2 saturated heterocycles. The van der Waals surface area contributed by atoms with Crippen LogP contribution in [0, 0.1) is 0 Å². The van der Waals surface area contributed by atoms with Gasteiger partial charge in [0, 0.05) is 37.1 Å². The van der Waals surface area contributed by atoms with Crippen molar-refractivity contribution in [3.05, 3.63) is 0 Å². The van der Waals surface area contributed by atoms with Crippen LogP contribution in [0.4, 0.5) is 0 Å². The molecule has 2 aliphatic rings. The molecule has 3 N–H and O–H groups in total. The number of carbonyl (C=O) groups excluding carboxylic acids is 2. The van der Waals surface area contributed by atoms with Gasteiger partial charge in [0.05, 0.1) is 19.3 Å². The molecule has 0 aromatic rings. The largest absolute Gasteiger partial charge is 0.378 e. The summed E-state index contributed by atoms with van der Waals surface area (Å²) in [6.45, 7) is 3.30. The Morgan fingerprint density at radius 1 is 1.39 bits per heavy atom. The number of nitrogens with zero attached hydrogens (tertiary/aromatic N) is 1. The molecule has 0 aromatic heterocycles. The van der Waals surface area contributed by atoms with E-state index in [1.54, 1.807) is 11.8 Å². The Morgan fingerprint density at radius 3 is 2.67 bits per heavy atom. The van der Waals surface area contributed by atoms with Crippen molar-refractivity contribution in [3.63, 3.8) is 0 Å². The Morgan fingerprint density at radius 2 is 2.11 bits per heavy atom. The molecule has 102 valence electrons. The lowest BCUT2D eigenvalue weighted by atomic mass is 10.2. The number of thioether (sulfide) groups is 1. The van der Waals surface area contributed by atoms with Crippen LogP contribution in [-0.4, -0.2) is 66.6 Å². The first-order chi connectivity index (χ1) is 8.66. The summed E-state index contributed by atoms with van der Waals surface area (Å²) in [6.07, 6.45) is 0.517. The number of primary amides is 1. The third-order valence-electron chi connectivity index (χ3n) is 3.20. The van der Waals surface area contributed by atoms with E-state index < -0.39 is 0 Å². The lowest BCUT2D eigenvalue weighted by Gasteiger charge is -2.31. The second-order valence-electron chi connectivity index (χ2n) is 4.52. The average Bonchev–Trinajstić information content (AvgIpc) is 2.40. The molecule has 0 bridgehead atoms. The van der Waals surface area contributed by atoms with Crippen molar-refractivity contribution in [3.8, 4) is 0 Å². The van der Waals surface area contributed by atoms with Crippen molar-refractivity contribution in [2.45, 2.75) is 17.7 Å². The minimum atomic E-state index is -0.319. The number of hydrogen-bond donors (Lipinski definition) is 2. The monoisotopic (exact) mass is 273 g/mol. The van der Waals surface area contributed by atoms with E-state index in [2.05, 4.69) is 5.32 Å². The molecule has 2 unspecified atom stereocenters. The third-order valence-corrected chi connectivity index (χ3v) is 4.53. The van der Waals surface area contributed by atoms with Crippen LogP contribution in [0.3, 0.4) is 0 Å². The van der Waals surface area contributed by atoms with E-state index in [4.69, 9.17) is 10.5 Å². The fourth-order valence-electron chi connectivity index (χ4n) is 2.07. The summed E-state index contributed by atoms with van der Waals surface area (Å²) in [7, 11) is 0. The van der Waals surface area contributed by atoms with Gasteiger partial charge in [0.2, 0.25) is 11.8 Å². The molecule has 7 heteroatoms. The van der Waals surface area contributed by atoms with E-state index in [1.165, 1.54) is 0 Å². The molecule has 2 heterocycles. The maximum absolute atomic E-state index is 12.0. The average molecular weight is 273 g/mol. The topological polar surface area (TPSA) is 84.7 Å². The fraction of sp³-hybridized carbons (Fsp3) is 0.818. The maximum Gasteiger partial charge on any atom is 0.235 e. The van der Waals surface area contributed by atoms with Crippen LogP contribution in [0.2, 0.25) is 0 Å². The lowest BCUT2D eigenvalue weighted by Crippen LogP contribution is -2.50. The minimum absolute atomic E-state index is 0.176. The number of carbonyl (C=O) groups is 2. The SMILES string of the molecule is NC(=O)C1CSC(CC(=O)N2CCOCC2)CN1. The van der Waals surface area contributed by atoms with Crippen molar-refractivity contribution in [1.82, 2.24) is 10.2 Å². The maximum atomic E-state index is 12.0. The summed E-state index contributed by atoms with van der Waals surface area (Å²) in [6, 6.07) is -0.260. The number of ether oxygens (including phenoxy) is 1. The highest BCUT2D eigenvalue weighted by Gasteiger charge is 2.27. The second-order valence-corrected chi connectivity index (χ2v) is 5.85. The Kier molecular flexibility index (Phi) is 4.85. The normalized spacial score (nSPS) is 29.0. The Balaban J connectivity index is 1.73. The van der Waals surface area contributed by atoms with E-state index in [0.29, 0.717) is 45.0 Å². The van der Waals surface area contributed by atoms with Crippen LogP contribution >= 0.6 is 11.8 Å². The molecule has 0 aliphatic carbocycles. The van der Waals surface area contributed by atoms with E-state index in [-0.39, 0.29) is 23.1 Å². The van der Waals surface area contributed by atoms with Crippen molar-refractivity contribution in [1.29, 1.82) is 0 Å². The summed E-state index contributed by atoms with van der Waals surface area (Å²) in [5.74, 6) is 0.506. The van der Waals surface area contributed by atoms with Crippen molar-refractivity contribution in [2.24, 2.45) is 5.73 Å². The molecule has 2 aliphatic heterocycles. The number of morpholine rings is 1. The van der Waals surface area contributed by atoms with Crippen LogP contribution in [-0.2, 0) is 14.3 Å². The lowest BCUT2D eigenvalue weighted by molar-refractivity contribution is -0.135. The van der Waals surface area contributed by atoms with Crippen molar-refractivity contribution < 1.29 is 14.3 Å². The number of hydrogen-bond acceptors (Lipinski definition) is 5. The number of nitrogens with one attached hydrogen (secondary N) is 1. The van der Waals surface area contributed by atoms with Gasteiger partial charge in [-0.25, -0.2) is 0 Å². The van der Waals surface area contributed by atoms with Crippen LogP contribution in [0.5, 0.6) is 0 Å². The summed E-state index contributed by atoms with van der Waals surface area (Å²) < 4.78 is 5.22. The molecule has 0 aromatic carbocycles.